The quantitative estimate of drug-likeness (QED) is 0.797. The Hall–Kier alpha value is -1.75. The van der Waals surface area contributed by atoms with E-state index in [-0.39, 0.29) is 24.8 Å². The van der Waals surface area contributed by atoms with Crippen molar-refractivity contribution in [3.8, 4) is 0 Å². The zero-order valence-corrected chi connectivity index (χ0v) is 15.6. The molecule has 1 fully saturated rings. The molecule has 1 heterocycles. The predicted molar refractivity (Wildman–Crippen MR) is 102 cm³/mol. The van der Waals surface area contributed by atoms with E-state index in [2.05, 4.69) is 5.32 Å². The molecule has 1 atom stereocenters. The molecule has 0 spiro atoms. The second-order valence-corrected chi connectivity index (χ2v) is 7.15. The van der Waals surface area contributed by atoms with Crippen molar-refractivity contribution in [2.75, 3.05) is 16.8 Å². The van der Waals surface area contributed by atoms with Gasteiger partial charge in [-0.15, -0.1) is 0 Å². The Morgan fingerprint density at radius 2 is 1.92 bits per heavy atom. The Labute approximate surface area is 160 Å². The van der Waals surface area contributed by atoms with Crippen LogP contribution in [0.4, 0.5) is 11.4 Å². The minimum absolute atomic E-state index is 0.119. The smallest absolute Gasteiger partial charge is 0.229 e. The van der Waals surface area contributed by atoms with Crippen LogP contribution in [-0.4, -0.2) is 18.4 Å². The molecule has 0 radical (unpaired) electrons. The minimum atomic E-state index is -0.471. The summed E-state index contributed by atoms with van der Waals surface area (Å²) in [6.07, 6.45) is 0.119. The summed E-state index contributed by atoms with van der Waals surface area (Å²) in [6, 6.07) is 10.2. The normalized spacial score (nSPS) is 17.0. The maximum atomic E-state index is 12.6. The molecule has 2 amide bonds. The molecule has 1 aliphatic rings. The third-order valence-corrected chi connectivity index (χ3v) is 5.18. The summed E-state index contributed by atoms with van der Waals surface area (Å²) in [7, 11) is 0. The Morgan fingerprint density at radius 1 is 1.16 bits per heavy atom. The van der Waals surface area contributed by atoms with E-state index in [9.17, 15) is 9.59 Å². The van der Waals surface area contributed by atoms with Crippen molar-refractivity contribution in [1.29, 1.82) is 0 Å². The average molecular weight is 398 g/mol. The number of carbonyl (C=O) groups is 2. The van der Waals surface area contributed by atoms with Gasteiger partial charge in [0.2, 0.25) is 11.8 Å². The third-order valence-electron chi connectivity index (χ3n) is 4.22. The molecule has 0 bridgehead atoms. The molecule has 2 aromatic carbocycles. The lowest BCUT2D eigenvalue weighted by atomic mass is 10.1. The number of nitrogens with zero attached hydrogens (tertiary/aromatic N) is 1. The van der Waals surface area contributed by atoms with Crippen LogP contribution in [0.3, 0.4) is 0 Å². The highest BCUT2D eigenvalue weighted by molar-refractivity contribution is 6.36. The molecule has 7 heteroatoms. The first-order valence-corrected chi connectivity index (χ1v) is 8.81. The van der Waals surface area contributed by atoms with E-state index in [0.29, 0.717) is 26.4 Å². The van der Waals surface area contributed by atoms with Crippen LogP contribution in [0.15, 0.2) is 36.4 Å². The molecule has 0 unspecified atom stereocenters. The van der Waals surface area contributed by atoms with Crippen LogP contribution in [-0.2, 0) is 9.59 Å². The largest absolute Gasteiger partial charge is 0.325 e. The van der Waals surface area contributed by atoms with Gasteiger partial charge in [-0.05, 0) is 42.8 Å². The van der Waals surface area contributed by atoms with Crippen LogP contribution in [0.25, 0.3) is 0 Å². The van der Waals surface area contributed by atoms with Crippen molar-refractivity contribution in [2.24, 2.45) is 5.92 Å². The van der Waals surface area contributed by atoms with E-state index < -0.39 is 5.92 Å². The van der Waals surface area contributed by atoms with Gasteiger partial charge in [0.05, 0.1) is 16.6 Å². The van der Waals surface area contributed by atoms with E-state index in [0.717, 1.165) is 5.56 Å². The predicted octanol–water partition coefficient (Wildman–Crippen LogP) is 4.95. The van der Waals surface area contributed by atoms with Gasteiger partial charge in [0, 0.05) is 28.7 Å². The Kier molecular flexibility index (Phi) is 5.23. The molecule has 0 aromatic heterocycles. The number of halogens is 3. The second-order valence-electron chi connectivity index (χ2n) is 5.90. The summed E-state index contributed by atoms with van der Waals surface area (Å²) in [4.78, 5) is 26.4. The van der Waals surface area contributed by atoms with Crippen molar-refractivity contribution < 1.29 is 9.59 Å². The van der Waals surface area contributed by atoms with Gasteiger partial charge in [-0.25, -0.2) is 0 Å². The van der Waals surface area contributed by atoms with Crippen LogP contribution in [0, 0.1) is 12.8 Å². The molecule has 25 heavy (non-hydrogen) atoms. The van der Waals surface area contributed by atoms with Crippen molar-refractivity contribution in [3.05, 3.63) is 57.0 Å². The molecule has 2 aromatic rings. The first-order valence-electron chi connectivity index (χ1n) is 7.68. The molecule has 1 aliphatic heterocycles. The van der Waals surface area contributed by atoms with Gasteiger partial charge in [-0.2, -0.15) is 0 Å². The number of carbonyl (C=O) groups excluding carboxylic acids is 2. The van der Waals surface area contributed by atoms with Crippen LogP contribution >= 0.6 is 34.8 Å². The molecule has 0 aliphatic carbocycles. The monoisotopic (exact) mass is 396 g/mol. The van der Waals surface area contributed by atoms with Crippen molar-refractivity contribution >= 4 is 58.0 Å². The molecule has 1 saturated heterocycles. The molecular weight excluding hydrogens is 383 g/mol. The van der Waals surface area contributed by atoms with Gasteiger partial charge in [0.15, 0.2) is 0 Å². The zero-order valence-electron chi connectivity index (χ0n) is 13.4. The molecule has 3 rings (SSSR count). The zero-order chi connectivity index (χ0) is 18.1. The first-order chi connectivity index (χ1) is 11.9. The fourth-order valence-electron chi connectivity index (χ4n) is 2.79. The number of anilines is 2. The number of rotatable bonds is 3. The number of hydrogen-bond acceptors (Lipinski definition) is 2. The molecule has 4 nitrogen and oxygen atoms in total. The maximum Gasteiger partial charge on any atom is 0.229 e. The lowest BCUT2D eigenvalue weighted by Crippen LogP contribution is -2.28. The van der Waals surface area contributed by atoms with Gasteiger partial charge in [-0.3, -0.25) is 9.59 Å². The van der Waals surface area contributed by atoms with Crippen LogP contribution in [0.5, 0.6) is 0 Å². The Bertz CT molecular complexity index is 854. The summed E-state index contributed by atoms with van der Waals surface area (Å²) in [6.45, 7) is 2.08. The lowest BCUT2D eigenvalue weighted by molar-refractivity contribution is -0.122. The summed E-state index contributed by atoms with van der Waals surface area (Å²) in [5.74, 6) is -0.854. The summed E-state index contributed by atoms with van der Waals surface area (Å²) in [5, 5.41) is 4.33. The lowest BCUT2D eigenvalue weighted by Gasteiger charge is -2.18. The Balaban J connectivity index is 1.77. The van der Waals surface area contributed by atoms with Gasteiger partial charge in [-0.1, -0.05) is 40.9 Å². The van der Waals surface area contributed by atoms with Crippen LogP contribution in [0.1, 0.15) is 12.0 Å². The number of benzene rings is 2. The van der Waals surface area contributed by atoms with E-state index >= 15 is 0 Å². The van der Waals surface area contributed by atoms with E-state index in [1.165, 1.54) is 4.90 Å². The van der Waals surface area contributed by atoms with Gasteiger partial charge >= 0.3 is 0 Å². The minimum Gasteiger partial charge on any atom is -0.325 e. The molecule has 0 saturated carbocycles. The fraction of sp³-hybridized carbons (Fsp3) is 0.222. The van der Waals surface area contributed by atoms with Crippen molar-refractivity contribution in [2.45, 2.75) is 13.3 Å². The maximum absolute atomic E-state index is 12.6. The van der Waals surface area contributed by atoms with Crippen LogP contribution < -0.4 is 10.2 Å². The molecular formula is C18H15Cl3N2O2. The second kappa shape index (κ2) is 7.24. The van der Waals surface area contributed by atoms with Gasteiger partial charge in [0.25, 0.3) is 0 Å². The highest BCUT2D eigenvalue weighted by atomic mass is 35.5. The van der Waals surface area contributed by atoms with Crippen molar-refractivity contribution in [1.82, 2.24) is 0 Å². The highest BCUT2D eigenvalue weighted by Gasteiger charge is 2.36. The average Bonchev–Trinajstić information content (AvgIpc) is 2.96. The standard InChI is InChI=1S/C18H15Cl3N2O2/c1-10-13(20)3-2-4-15(10)22-18(25)11-7-17(24)23(9-11)16-8-12(19)5-6-14(16)21/h2-6,8,11H,7,9H2,1H3,(H,22,25)/t11-/m1/s1. The number of nitrogens with one attached hydrogen (secondary N) is 1. The van der Waals surface area contributed by atoms with Crippen LogP contribution in [0.2, 0.25) is 15.1 Å². The van der Waals surface area contributed by atoms with Gasteiger partial charge < -0.3 is 10.2 Å². The van der Waals surface area contributed by atoms with E-state index in [4.69, 9.17) is 34.8 Å². The summed E-state index contributed by atoms with van der Waals surface area (Å²) >= 11 is 18.2. The van der Waals surface area contributed by atoms with E-state index in [1.807, 2.05) is 6.92 Å². The summed E-state index contributed by atoms with van der Waals surface area (Å²) < 4.78 is 0. The van der Waals surface area contributed by atoms with Gasteiger partial charge in [0.1, 0.15) is 0 Å². The first kappa shape index (κ1) is 18.1. The molecule has 130 valence electrons. The fourth-order valence-corrected chi connectivity index (χ4v) is 3.35. The third kappa shape index (κ3) is 3.76. The van der Waals surface area contributed by atoms with Crippen molar-refractivity contribution in [3.63, 3.8) is 0 Å². The topological polar surface area (TPSA) is 49.4 Å². The van der Waals surface area contributed by atoms with E-state index in [1.54, 1.807) is 36.4 Å². The SMILES string of the molecule is Cc1c(Cl)cccc1NC(=O)[C@@H]1CC(=O)N(c2cc(Cl)ccc2Cl)C1. The Morgan fingerprint density at radius 3 is 2.68 bits per heavy atom. The number of hydrogen-bond donors (Lipinski definition) is 1. The highest BCUT2D eigenvalue weighted by Crippen LogP contribution is 2.34. The molecule has 1 N–H and O–H groups in total. The summed E-state index contributed by atoms with van der Waals surface area (Å²) in [5.41, 5.74) is 1.95. The number of amides is 2.